The number of piperidine rings is 3. The van der Waals surface area contributed by atoms with E-state index in [9.17, 15) is 5.11 Å². The van der Waals surface area contributed by atoms with Crippen LogP contribution in [-0.2, 0) is 5.41 Å². The average Bonchev–Trinajstić information content (AvgIpc) is 2.30. The summed E-state index contributed by atoms with van der Waals surface area (Å²) in [4.78, 5) is 0. The predicted octanol–water partition coefficient (Wildman–Crippen LogP) is 1.54. The molecule has 2 heteroatoms. The molecule has 0 saturated carbocycles. The third-order valence-electron chi connectivity index (χ3n) is 4.80. The van der Waals surface area contributed by atoms with E-state index in [1.165, 1.54) is 18.7 Å². The van der Waals surface area contributed by atoms with Crippen molar-refractivity contribution in [1.82, 2.24) is 0 Å². The zero-order valence-electron chi connectivity index (χ0n) is 9.89. The van der Waals surface area contributed by atoms with E-state index in [1.807, 2.05) is 0 Å². The van der Waals surface area contributed by atoms with E-state index in [2.05, 4.69) is 37.4 Å². The van der Waals surface area contributed by atoms with Crippen molar-refractivity contribution in [2.45, 2.75) is 24.4 Å². The number of fused-ring (bicyclic) bond motifs is 3. The van der Waals surface area contributed by atoms with Crippen LogP contribution in [0.2, 0.25) is 0 Å². The fourth-order valence-corrected chi connectivity index (χ4v) is 3.53. The number of hydrogen-bond donors (Lipinski definition) is 1. The van der Waals surface area contributed by atoms with Crippen LogP contribution in [0.5, 0.6) is 0 Å². The molecule has 1 atom stereocenters. The van der Waals surface area contributed by atoms with Crippen LogP contribution >= 0.6 is 0 Å². The summed E-state index contributed by atoms with van der Waals surface area (Å²) in [5.74, 6) is 0. The van der Waals surface area contributed by atoms with Gasteiger partial charge in [-0.05, 0) is 5.56 Å². The molecule has 2 nitrogen and oxygen atoms in total. The first kappa shape index (κ1) is 10.3. The molecule has 3 aliphatic heterocycles. The topological polar surface area (TPSA) is 20.2 Å². The third kappa shape index (κ3) is 1.33. The first-order valence-electron chi connectivity index (χ1n) is 6.22. The Labute approximate surface area is 97.1 Å². The van der Waals surface area contributed by atoms with Crippen molar-refractivity contribution in [3.05, 3.63) is 35.9 Å². The quantitative estimate of drug-likeness (QED) is 0.709. The number of benzene rings is 1. The highest BCUT2D eigenvalue weighted by molar-refractivity contribution is 5.28. The Hall–Kier alpha value is -0.860. The fraction of sp³-hybridized carbons (Fsp3) is 0.571. The van der Waals surface area contributed by atoms with E-state index in [0.29, 0.717) is 0 Å². The minimum atomic E-state index is -0.164. The van der Waals surface area contributed by atoms with Crippen molar-refractivity contribution < 1.29 is 9.59 Å². The second-order valence-electron chi connectivity index (χ2n) is 5.79. The Morgan fingerprint density at radius 3 is 2.38 bits per heavy atom. The molecule has 4 rings (SSSR count). The molecule has 0 radical (unpaired) electrons. The normalized spacial score (nSPS) is 42.2. The van der Waals surface area contributed by atoms with Crippen LogP contribution < -0.4 is 0 Å². The van der Waals surface area contributed by atoms with Crippen LogP contribution in [0.15, 0.2) is 30.3 Å². The summed E-state index contributed by atoms with van der Waals surface area (Å²) in [6, 6.07) is 10.6. The Bertz CT molecular complexity index is 379. The monoisotopic (exact) mass is 218 g/mol. The number of aliphatic hydroxyl groups is 1. The Balaban J connectivity index is 2.00. The summed E-state index contributed by atoms with van der Waals surface area (Å²) < 4.78 is 1.07. The molecular weight excluding hydrogens is 198 g/mol. The first-order chi connectivity index (χ1) is 7.65. The van der Waals surface area contributed by atoms with Gasteiger partial charge >= 0.3 is 0 Å². The van der Waals surface area contributed by atoms with Gasteiger partial charge in [-0.15, -0.1) is 0 Å². The van der Waals surface area contributed by atoms with Gasteiger partial charge in [0.2, 0.25) is 0 Å². The highest BCUT2D eigenvalue weighted by Gasteiger charge is 2.53. The van der Waals surface area contributed by atoms with Crippen LogP contribution in [0.3, 0.4) is 0 Å². The van der Waals surface area contributed by atoms with E-state index >= 15 is 0 Å². The summed E-state index contributed by atoms with van der Waals surface area (Å²) in [5.41, 5.74) is 1.39. The van der Waals surface area contributed by atoms with Crippen LogP contribution in [0.1, 0.15) is 18.4 Å². The fourth-order valence-electron chi connectivity index (χ4n) is 3.53. The van der Waals surface area contributed by atoms with Crippen molar-refractivity contribution in [2.24, 2.45) is 0 Å². The number of hydrogen-bond acceptors (Lipinski definition) is 1. The second-order valence-corrected chi connectivity index (χ2v) is 5.79. The molecule has 3 fully saturated rings. The second kappa shape index (κ2) is 3.31. The van der Waals surface area contributed by atoms with Gasteiger partial charge in [-0.2, -0.15) is 0 Å². The van der Waals surface area contributed by atoms with Crippen molar-refractivity contribution in [2.75, 3.05) is 26.7 Å². The maximum Gasteiger partial charge on any atom is 0.113 e. The van der Waals surface area contributed by atoms with Crippen LogP contribution in [0.25, 0.3) is 0 Å². The summed E-state index contributed by atoms with van der Waals surface area (Å²) in [5, 5.41) is 10.5. The standard InChI is InChI=1S/C14H20NO/c1-15-9-7-14(8-10-15,13(16)11-15)12-5-3-2-4-6-12/h2-6,13,16H,7-11H2,1H3/q+1/t13-,14?,15?/m1/s1. The highest BCUT2D eigenvalue weighted by Crippen LogP contribution is 2.45. The number of likely N-dealkylation sites (N-methyl/N-ethyl adjacent to an activating group) is 1. The Morgan fingerprint density at radius 1 is 1.19 bits per heavy atom. The summed E-state index contributed by atoms with van der Waals surface area (Å²) in [6.07, 6.45) is 2.10. The van der Waals surface area contributed by atoms with Gasteiger partial charge in [0.25, 0.3) is 0 Å². The molecule has 0 unspecified atom stereocenters. The molecule has 3 saturated heterocycles. The number of quaternary nitrogens is 1. The first-order valence-corrected chi connectivity index (χ1v) is 6.22. The van der Waals surface area contributed by atoms with E-state index < -0.39 is 0 Å². The molecule has 0 aliphatic carbocycles. The molecule has 1 N–H and O–H groups in total. The molecule has 16 heavy (non-hydrogen) atoms. The molecule has 0 aromatic heterocycles. The minimum absolute atomic E-state index is 0.0528. The highest BCUT2D eigenvalue weighted by atomic mass is 16.3. The molecule has 3 aliphatic rings. The SMILES string of the molecule is C[N+]12CCC(c3ccccc3)(CC1)[C@H](O)C2. The molecule has 0 spiro atoms. The van der Waals surface area contributed by atoms with E-state index in [4.69, 9.17) is 0 Å². The largest absolute Gasteiger partial charge is 0.386 e. The van der Waals surface area contributed by atoms with Gasteiger partial charge in [0.05, 0.1) is 20.1 Å². The third-order valence-corrected chi connectivity index (χ3v) is 4.80. The van der Waals surface area contributed by atoms with Gasteiger partial charge in [0.15, 0.2) is 0 Å². The summed E-state index contributed by atoms with van der Waals surface area (Å²) >= 11 is 0. The average molecular weight is 218 g/mol. The maximum absolute atomic E-state index is 10.5. The summed E-state index contributed by atoms with van der Waals surface area (Å²) in [7, 11) is 2.28. The predicted molar refractivity (Wildman–Crippen MR) is 64.1 cm³/mol. The number of rotatable bonds is 1. The van der Waals surface area contributed by atoms with E-state index in [0.717, 1.165) is 23.9 Å². The van der Waals surface area contributed by atoms with Crippen molar-refractivity contribution in [3.8, 4) is 0 Å². The molecule has 2 bridgehead atoms. The molecular formula is C14H20NO+. The lowest BCUT2D eigenvalue weighted by atomic mass is 9.65. The van der Waals surface area contributed by atoms with Crippen LogP contribution in [0, 0.1) is 0 Å². The Kier molecular flexibility index (Phi) is 2.13. The van der Waals surface area contributed by atoms with Crippen molar-refractivity contribution in [3.63, 3.8) is 0 Å². The van der Waals surface area contributed by atoms with Gasteiger partial charge in [-0.1, -0.05) is 30.3 Å². The molecule has 1 aromatic rings. The lowest BCUT2D eigenvalue weighted by molar-refractivity contribution is -0.929. The number of aliphatic hydroxyl groups excluding tert-OH is 1. The van der Waals surface area contributed by atoms with Gasteiger partial charge in [-0.25, -0.2) is 0 Å². The molecule has 0 amide bonds. The lowest BCUT2D eigenvalue weighted by Gasteiger charge is -2.55. The number of nitrogens with zero attached hydrogens (tertiary/aromatic N) is 1. The van der Waals surface area contributed by atoms with Crippen LogP contribution in [0.4, 0.5) is 0 Å². The minimum Gasteiger partial charge on any atom is -0.386 e. The Morgan fingerprint density at radius 2 is 1.81 bits per heavy atom. The van der Waals surface area contributed by atoms with E-state index in [1.54, 1.807) is 0 Å². The maximum atomic E-state index is 10.5. The van der Waals surface area contributed by atoms with Crippen molar-refractivity contribution in [1.29, 1.82) is 0 Å². The zero-order valence-corrected chi connectivity index (χ0v) is 9.89. The lowest BCUT2D eigenvalue weighted by Crippen LogP contribution is -2.67. The summed E-state index contributed by atoms with van der Waals surface area (Å²) in [6.45, 7) is 3.35. The molecule has 3 heterocycles. The van der Waals surface area contributed by atoms with Crippen molar-refractivity contribution >= 4 is 0 Å². The van der Waals surface area contributed by atoms with E-state index in [-0.39, 0.29) is 11.5 Å². The molecule has 86 valence electrons. The smallest absolute Gasteiger partial charge is 0.113 e. The van der Waals surface area contributed by atoms with Gasteiger partial charge in [0, 0.05) is 18.3 Å². The van der Waals surface area contributed by atoms with Gasteiger partial charge in [0.1, 0.15) is 12.6 Å². The van der Waals surface area contributed by atoms with Gasteiger partial charge < -0.3 is 9.59 Å². The van der Waals surface area contributed by atoms with Gasteiger partial charge in [-0.3, -0.25) is 0 Å². The van der Waals surface area contributed by atoms with Crippen LogP contribution in [-0.4, -0.2) is 42.4 Å². The molecule has 1 aromatic carbocycles. The zero-order chi connectivity index (χ0) is 11.2.